The normalized spacial score (nSPS) is 19.5. The first-order valence-electron chi connectivity index (χ1n) is 7.95. The van der Waals surface area contributed by atoms with Crippen LogP contribution in [-0.2, 0) is 4.79 Å². The second-order valence-corrected chi connectivity index (χ2v) is 6.94. The minimum atomic E-state index is 0. The first-order valence-corrected chi connectivity index (χ1v) is 8.33. The molecule has 2 fully saturated rings. The van der Waals surface area contributed by atoms with Crippen molar-refractivity contribution in [1.29, 1.82) is 0 Å². The van der Waals surface area contributed by atoms with E-state index < -0.39 is 0 Å². The molecule has 0 bridgehead atoms. The predicted molar refractivity (Wildman–Crippen MR) is 94.7 cm³/mol. The highest BCUT2D eigenvalue weighted by Crippen LogP contribution is 2.36. The van der Waals surface area contributed by atoms with E-state index in [2.05, 4.69) is 5.32 Å². The lowest BCUT2D eigenvalue weighted by Gasteiger charge is -2.38. The zero-order valence-electron chi connectivity index (χ0n) is 13.4. The Morgan fingerprint density at radius 2 is 2.09 bits per heavy atom. The van der Waals surface area contributed by atoms with Crippen LogP contribution in [0.1, 0.15) is 24.8 Å². The molecule has 0 unspecified atom stereocenters. The summed E-state index contributed by atoms with van der Waals surface area (Å²) in [5.41, 5.74) is 1.39. The molecule has 0 aromatic heterocycles. The monoisotopic (exact) mass is 358 g/mol. The minimum absolute atomic E-state index is 0. The molecule has 6 heteroatoms. The Hall–Kier alpha value is -0.970. The number of ether oxygens (including phenoxy) is 1. The Labute approximate surface area is 148 Å². The van der Waals surface area contributed by atoms with Gasteiger partial charge in [0.15, 0.2) is 6.61 Å². The molecule has 3 rings (SSSR count). The largest absolute Gasteiger partial charge is 0.483 e. The Bertz CT molecular complexity index is 550. The number of rotatable bonds is 3. The molecule has 2 aliphatic heterocycles. The van der Waals surface area contributed by atoms with Crippen molar-refractivity contribution in [1.82, 2.24) is 10.2 Å². The van der Waals surface area contributed by atoms with E-state index in [0.29, 0.717) is 10.4 Å². The molecule has 23 heavy (non-hydrogen) atoms. The summed E-state index contributed by atoms with van der Waals surface area (Å²) < 4.78 is 5.66. The molecule has 2 aliphatic rings. The van der Waals surface area contributed by atoms with Crippen LogP contribution in [0.3, 0.4) is 0 Å². The molecule has 0 saturated carbocycles. The number of hydrogen-bond donors (Lipinski definition) is 1. The van der Waals surface area contributed by atoms with Gasteiger partial charge >= 0.3 is 0 Å². The summed E-state index contributed by atoms with van der Waals surface area (Å²) in [7, 11) is 0. The standard InChI is InChI=1S/C17H23ClN2O2.ClH/c1-13-10-14(18)2-3-15(13)22-11-16(21)20-8-5-17(6-9-20)4-7-19-12-17;/h2-3,10,19H,4-9,11-12H2,1H3;1H. The van der Waals surface area contributed by atoms with E-state index in [-0.39, 0.29) is 24.9 Å². The predicted octanol–water partition coefficient (Wildman–Crippen LogP) is 3.05. The molecule has 1 amide bonds. The molecule has 1 spiro atoms. The van der Waals surface area contributed by atoms with Crippen molar-refractivity contribution in [3.8, 4) is 5.75 Å². The van der Waals surface area contributed by atoms with Gasteiger partial charge in [-0.2, -0.15) is 0 Å². The van der Waals surface area contributed by atoms with Gasteiger partial charge in [-0.1, -0.05) is 11.6 Å². The van der Waals surface area contributed by atoms with Crippen LogP contribution in [0.15, 0.2) is 18.2 Å². The third-order valence-corrected chi connectivity index (χ3v) is 5.23. The lowest BCUT2D eigenvalue weighted by atomic mass is 9.78. The molecule has 1 aromatic carbocycles. The minimum Gasteiger partial charge on any atom is -0.483 e. The summed E-state index contributed by atoms with van der Waals surface area (Å²) in [6, 6.07) is 5.45. The van der Waals surface area contributed by atoms with Gasteiger partial charge < -0.3 is 15.0 Å². The van der Waals surface area contributed by atoms with E-state index in [1.165, 1.54) is 6.42 Å². The number of nitrogens with one attached hydrogen (secondary N) is 1. The number of piperidine rings is 1. The van der Waals surface area contributed by atoms with Gasteiger partial charge in [0.1, 0.15) is 5.75 Å². The van der Waals surface area contributed by atoms with Crippen LogP contribution in [0, 0.1) is 12.3 Å². The van der Waals surface area contributed by atoms with Gasteiger partial charge in [-0.3, -0.25) is 4.79 Å². The van der Waals surface area contributed by atoms with E-state index in [4.69, 9.17) is 16.3 Å². The van der Waals surface area contributed by atoms with Crippen LogP contribution in [-0.4, -0.2) is 43.6 Å². The number of nitrogens with zero attached hydrogens (tertiary/aromatic N) is 1. The number of carbonyl (C=O) groups excluding carboxylic acids is 1. The van der Waals surface area contributed by atoms with Crippen molar-refractivity contribution >= 4 is 29.9 Å². The molecule has 2 heterocycles. The molecular weight excluding hydrogens is 335 g/mol. The Morgan fingerprint density at radius 3 is 2.70 bits per heavy atom. The van der Waals surface area contributed by atoms with Crippen LogP contribution >= 0.6 is 24.0 Å². The number of aryl methyl sites for hydroxylation is 1. The number of carbonyl (C=O) groups is 1. The quantitative estimate of drug-likeness (QED) is 0.902. The summed E-state index contributed by atoms with van der Waals surface area (Å²) in [5, 5.41) is 4.13. The average molecular weight is 359 g/mol. The maximum absolute atomic E-state index is 12.3. The fraction of sp³-hybridized carbons (Fsp3) is 0.588. The first kappa shape index (κ1) is 18.4. The Kier molecular flexibility index (Phi) is 6.18. The maximum Gasteiger partial charge on any atom is 0.260 e. The van der Waals surface area contributed by atoms with Gasteiger partial charge in [0, 0.05) is 24.7 Å². The maximum atomic E-state index is 12.3. The highest BCUT2D eigenvalue weighted by molar-refractivity contribution is 6.30. The molecule has 4 nitrogen and oxygen atoms in total. The topological polar surface area (TPSA) is 41.6 Å². The summed E-state index contributed by atoms with van der Waals surface area (Å²) in [6.07, 6.45) is 3.45. The van der Waals surface area contributed by atoms with Gasteiger partial charge in [-0.05, 0) is 61.9 Å². The average Bonchev–Trinajstić information content (AvgIpc) is 2.95. The molecule has 128 valence electrons. The van der Waals surface area contributed by atoms with E-state index in [1.807, 2.05) is 24.0 Å². The number of likely N-dealkylation sites (tertiary alicyclic amines) is 1. The van der Waals surface area contributed by atoms with Crippen molar-refractivity contribution in [3.05, 3.63) is 28.8 Å². The van der Waals surface area contributed by atoms with Crippen LogP contribution in [0.5, 0.6) is 5.75 Å². The molecule has 0 radical (unpaired) electrons. The second-order valence-electron chi connectivity index (χ2n) is 6.51. The van der Waals surface area contributed by atoms with E-state index in [1.54, 1.807) is 6.07 Å². The third-order valence-electron chi connectivity index (χ3n) is 5.00. The number of hydrogen-bond acceptors (Lipinski definition) is 3. The van der Waals surface area contributed by atoms with Gasteiger partial charge in [0.05, 0.1) is 0 Å². The summed E-state index contributed by atoms with van der Waals surface area (Å²) >= 11 is 5.92. The number of amides is 1. The molecule has 0 atom stereocenters. The molecule has 1 N–H and O–H groups in total. The van der Waals surface area contributed by atoms with E-state index in [9.17, 15) is 4.79 Å². The van der Waals surface area contributed by atoms with Crippen molar-refractivity contribution < 1.29 is 9.53 Å². The Morgan fingerprint density at radius 1 is 1.35 bits per heavy atom. The van der Waals surface area contributed by atoms with Crippen LogP contribution in [0.4, 0.5) is 0 Å². The molecule has 0 aliphatic carbocycles. The lowest BCUT2D eigenvalue weighted by Crippen LogP contribution is -2.45. The van der Waals surface area contributed by atoms with Crippen molar-refractivity contribution in [3.63, 3.8) is 0 Å². The molecular formula is C17H24Cl2N2O2. The van der Waals surface area contributed by atoms with Crippen molar-refractivity contribution in [2.24, 2.45) is 5.41 Å². The number of benzene rings is 1. The van der Waals surface area contributed by atoms with Crippen molar-refractivity contribution in [2.45, 2.75) is 26.2 Å². The third kappa shape index (κ3) is 4.31. The smallest absolute Gasteiger partial charge is 0.260 e. The fourth-order valence-electron chi connectivity index (χ4n) is 3.46. The molecule has 1 aromatic rings. The summed E-state index contributed by atoms with van der Waals surface area (Å²) in [6.45, 7) is 5.96. The van der Waals surface area contributed by atoms with E-state index in [0.717, 1.165) is 50.3 Å². The van der Waals surface area contributed by atoms with Gasteiger partial charge in [-0.25, -0.2) is 0 Å². The zero-order chi connectivity index (χ0) is 15.6. The van der Waals surface area contributed by atoms with E-state index >= 15 is 0 Å². The second kappa shape index (κ2) is 7.73. The zero-order valence-corrected chi connectivity index (χ0v) is 15.0. The lowest BCUT2D eigenvalue weighted by molar-refractivity contribution is -0.135. The van der Waals surface area contributed by atoms with Crippen LogP contribution < -0.4 is 10.1 Å². The van der Waals surface area contributed by atoms with Gasteiger partial charge in [0.25, 0.3) is 5.91 Å². The molecule has 2 saturated heterocycles. The highest BCUT2D eigenvalue weighted by Gasteiger charge is 2.37. The summed E-state index contributed by atoms with van der Waals surface area (Å²) in [5.74, 6) is 0.807. The highest BCUT2D eigenvalue weighted by atomic mass is 35.5. The van der Waals surface area contributed by atoms with Crippen LogP contribution in [0.2, 0.25) is 5.02 Å². The van der Waals surface area contributed by atoms with Crippen LogP contribution in [0.25, 0.3) is 0 Å². The SMILES string of the molecule is Cc1cc(Cl)ccc1OCC(=O)N1CCC2(CCNC2)CC1.Cl. The Balaban J connectivity index is 0.00000192. The summed E-state index contributed by atoms with van der Waals surface area (Å²) in [4.78, 5) is 14.3. The first-order chi connectivity index (χ1) is 10.6. The van der Waals surface area contributed by atoms with Gasteiger partial charge in [-0.15, -0.1) is 12.4 Å². The van der Waals surface area contributed by atoms with Crippen molar-refractivity contribution in [2.75, 3.05) is 32.8 Å². The van der Waals surface area contributed by atoms with Gasteiger partial charge in [0.2, 0.25) is 0 Å². The fourth-order valence-corrected chi connectivity index (χ4v) is 3.68. The number of halogens is 2.